The Morgan fingerprint density at radius 2 is 2.21 bits per heavy atom. The highest BCUT2D eigenvalue weighted by Crippen LogP contribution is 2.29. The van der Waals surface area contributed by atoms with E-state index in [1.165, 1.54) is 19.2 Å². The highest BCUT2D eigenvalue weighted by Gasteiger charge is 2.22. The van der Waals surface area contributed by atoms with Crippen LogP contribution < -0.4 is 9.47 Å². The van der Waals surface area contributed by atoms with E-state index in [9.17, 15) is 4.79 Å². The van der Waals surface area contributed by atoms with Gasteiger partial charge in [-0.1, -0.05) is 0 Å². The molecule has 1 fully saturated rings. The Morgan fingerprint density at radius 3 is 2.79 bits per heavy atom. The van der Waals surface area contributed by atoms with Crippen LogP contribution in [-0.2, 0) is 4.74 Å². The van der Waals surface area contributed by atoms with Crippen LogP contribution in [-0.4, -0.2) is 37.0 Å². The molecule has 2 rings (SSSR count). The second-order valence-corrected chi connectivity index (χ2v) is 4.63. The van der Waals surface area contributed by atoms with E-state index in [0.29, 0.717) is 18.1 Å². The van der Waals surface area contributed by atoms with Crippen molar-refractivity contribution >= 4 is 5.97 Å². The molecule has 1 aliphatic heterocycles. The van der Waals surface area contributed by atoms with Gasteiger partial charge >= 0.3 is 5.97 Å². The first-order chi connectivity index (χ1) is 9.10. The van der Waals surface area contributed by atoms with E-state index < -0.39 is 5.97 Å². The van der Waals surface area contributed by atoms with Crippen LogP contribution >= 0.6 is 0 Å². The van der Waals surface area contributed by atoms with Gasteiger partial charge in [0.25, 0.3) is 0 Å². The van der Waals surface area contributed by atoms with Crippen LogP contribution in [0.25, 0.3) is 0 Å². The van der Waals surface area contributed by atoms with E-state index in [2.05, 4.69) is 0 Å². The van der Waals surface area contributed by atoms with Crippen molar-refractivity contribution in [1.29, 1.82) is 0 Å². The minimum absolute atomic E-state index is 0.0631. The van der Waals surface area contributed by atoms with Gasteiger partial charge in [-0.2, -0.15) is 0 Å². The third-order valence-electron chi connectivity index (χ3n) is 3.16. The van der Waals surface area contributed by atoms with Gasteiger partial charge in [-0.15, -0.1) is 0 Å². The fourth-order valence-corrected chi connectivity index (χ4v) is 2.11. The predicted octanol–water partition coefficient (Wildman–Crippen LogP) is 2.34. The molecule has 0 bridgehead atoms. The maximum atomic E-state index is 10.9. The quantitative estimate of drug-likeness (QED) is 0.886. The molecule has 0 radical (unpaired) electrons. The topological polar surface area (TPSA) is 65.0 Å². The van der Waals surface area contributed by atoms with Gasteiger partial charge in [0, 0.05) is 0 Å². The summed E-state index contributed by atoms with van der Waals surface area (Å²) in [6, 6.07) is 4.55. The van der Waals surface area contributed by atoms with Gasteiger partial charge in [0.15, 0.2) is 11.5 Å². The number of rotatable bonds is 5. The maximum Gasteiger partial charge on any atom is 0.335 e. The summed E-state index contributed by atoms with van der Waals surface area (Å²) in [5.74, 6) is -0.0279. The van der Waals surface area contributed by atoms with Gasteiger partial charge in [0.1, 0.15) is 6.61 Å². The molecule has 1 aromatic carbocycles. The van der Waals surface area contributed by atoms with E-state index >= 15 is 0 Å². The monoisotopic (exact) mass is 266 g/mol. The van der Waals surface area contributed by atoms with Crippen molar-refractivity contribution in [2.75, 3.05) is 13.7 Å². The zero-order chi connectivity index (χ0) is 13.8. The van der Waals surface area contributed by atoms with Crippen molar-refractivity contribution in [1.82, 2.24) is 0 Å². The number of aromatic carboxylic acids is 1. The average molecular weight is 266 g/mol. The lowest BCUT2D eigenvalue weighted by Crippen LogP contribution is -2.18. The van der Waals surface area contributed by atoms with E-state index in [1.807, 2.05) is 6.92 Å². The van der Waals surface area contributed by atoms with E-state index in [0.717, 1.165) is 12.8 Å². The molecule has 19 heavy (non-hydrogen) atoms. The van der Waals surface area contributed by atoms with Crippen LogP contribution in [0.1, 0.15) is 30.1 Å². The van der Waals surface area contributed by atoms with Gasteiger partial charge < -0.3 is 19.3 Å². The Hall–Kier alpha value is -1.75. The number of benzene rings is 1. The summed E-state index contributed by atoms with van der Waals surface area (Å²) >= 11 is 0. The van der Waals surface area contributed by atoms with E-state index in [-0.39, 0.29) is 17.8 Å². The molecule has 0 aromatic heterocycles. The van der Waals surface area contributed by atoms with Crippen LogP contribution in [0, 0.1) is 0 Å². The largest absolute Gasteiger partial charge is 0.493 e. The van der Waals surface area contributed by atoms with Crippen molar-refractivity contribution < 1.29 is 24.1 Å². The minimum atomic E-state index is -0.988. The lowest BCUT2D eigenvalue weighted by atomic mass is 10.2. The van der Waals surface area contributed by atoms with E-state index in [1.54, 1.807) is 6.07 Å². The molecule has 0 amide bonds. The highest BCUT2D eigenvalue weighted by atomic mass is 16.6. The zero-order valence-corrected chi connectivity index (χ0v) is 11.1. The standard InChI is InChI=1S/C14H18O5/c1-9-3-5-11(19-9)8-18-13-7-10(14(15)16)4-6-12(13)17-2/h4,6-7,9,11H,3,5,8H2,1-2H3,(H,15,16). The highest BCUT2D eigenvalue weighted by molar-refractivity contribution is 5.88. The van der Waals surface area contributed by atoms with Crippen LogP contribution in [0.15, 0.2) is 18.2 Å². The lowest BCUT2D eigenvalue weighted by Gasteiger charge is -2.15. The molecule has 0 spiro atoms. The fraction of sp³-hybridized carbons (Fsp3) is 0.500. The number of carbonyl (C=O) groups is 1. The zero-order valence-electron chi connectivity index (χ0n) is 11.1. The third kappa shape index (κ3) is 3.38. The van der Waals surface area contributed by atoms with Crippen LogP contribution in [0.4, 0.5) is 0 Å². The second-order valence-electron chi connectivity index (χ2n) is 4.63. The number of ether oxygens (including phenoxy) is 3. The van der Waals surface area contributed by atoms with Crippen LogP contribution in [0.3, 0.4) is 0 Å². The summed E-state index contributed by atoms with van der Waals surface area (Å²) in [7, 11) is 1.52. The molecular weight excluding hydrogens is 248 g/mol. The Kier molecular flexibility index (Phi) is 4.27. The summed E-state index contributed by atoms with van der Waals surface area (Å²) in [4.78, 5) is 10.9. The SMILES string of the molecule is COc1ccc(C(=O)O)cc1OCC1CCC(C)O1. The lowest BCUT2D eigenvalue weighted by molar-refractivity contribution is 0.0259. The number of carboxylic acids is 1. The normalized spacial score (nSPS) is 22.2. The van der Waals surface area contributed by atoms with Crippen molar-refractivity contribution in [3.63, 3.8) is 0 Å². The summed E-state index contributed by atoms with van der Waals surface area (Å²) in [6.45, 7) is 2.44. The van der Waals surface area contributed by atoms with Gasteiger partial charge in [0.2, 0.25) is 0 Å². The van der Waals surface area contributed by atoms with Crippen LogP contribution in [0.5, 0.6) is 11.5 Å². The molecule has 1 aliphatic rings. The smallest absolute Gasteiger partial charge is 0.335 e. The Bertz CT molecular complexity index is 457. The first kappa shape index (κ1) is 13.7. The second kappa shape index (κ2) is 5.93. The minimum Gasteiger partial charge on any atom is -0.493 e. The molecule has 0 saturated carbocycles. The molecule has 0 aliphatic carbocycles. The summed E-state index contributed by atoms with van der Waals surface area (Å²) in [5.41, 5.74) is 0.177. The third-order valence-corrected chi connectivity index (χ3v) is 3.16. The average Bonchev–Trinajstić information content (AvgIpc) is 2.81. The van der Waals surface area contributed by atoms with Gasteiger partial charge in [0.05, 0.1) is 24.9 Å². The molecule has 5 heteroatoms. The van der Waals surface area contributed by atoms with Crippen molar-refractivity contribution in [3.05, 3.63) is 23.8 Å². The van der Waals surface area contributed by atoms with E-state index in [4.69, 9.17) is 19.3 Å². The van der Waals surface area contributed by atoms with Gasteiger partial charge in [-0.25, -0.2) is 4.79 Å². The van der Waals surface area contributed by atoms with Crippen molar-refractivity contribution in [2.45, 2.75) is 32.0 Å². The summed E-state index contributed by atoms with van der Waals surface area (Å²) in [5, 5.41) is 8.97. The Morgan fingerprint density at radius 1 is 1.42 bits per heavy atom. The Labute approximate surface area is 112 Å². The van der Waals surface area contributed by atoms with Crippen LogP contribution in [0.2, 0.25) is 0 Å². The molecule has 5 nitrogen and oxygen atoms in total. The number of hydrogen-bond acceptors (Lipinski definition) is 4. The molecule has 1 heterocycles. The Balaban J connectivity index is 2.05. The molecule has 2 atom stereocenters. The predicted molar refractivity (Wildman–Crippen MR) is 69.0 cm³/mol. The van der Waals surface area contributed by atoms with Crippen molar-refractivity contribution in [2.24, 2.45) is 0 Å². The molecular formula is C14H18O5. The van der Waals surface area contributed by atoms with Crippen molar-refractivity contribution in [3.8, 4) is 11.5 Å². The first-order valence-corrected chi connectivity index (χ1v) is 6.29. The molecule has 1 N–H and O–H groups in total. The number of carboxylic acid groups (broad SMARTS) is 1. The first-order valence-electron chi connectivity index (χ1n) is 6.29. The molecule has 2 unspecified atom stereocenters. The number of methoxy groups -OCH3 is 1. The maximum absolute atomic E-state index is 10.9. The summed E-state index contributed by atoms with van der Waals surface area (Å²) < 4.78 is 16.4. The molecule has 1 aromatic rings. The van der Waals surface area contributed by atoms with Gasteiger partial charge in [-0.05, 0) is 38.0 Å². The van der Waals surface area contributed by atoms with Gasteiger partial charge in [-0.3, -0.25) is 0 Å². The molecule has 1 saturated heterocycles. The number of hydrogen-bond donors (Lipinski definition) is 1. The fourth-order valence-electron chi connectivity index (χ4n) is 2.11. The molecule has 104 valence electrons. The summed E-state index contributed by atoms with van der Waals surface area (Å²) in [6.07, 6.45) is 2.32.